The Labute approximate surface area is 379 Å². The second kappa shape index (κ2) is 50.5. The van der Waals surface area contributed by atoms with Gasteiger partial charge in [0.1, 0.15) is 13.2 Å². The molecule has 0 fully saturated rings. The largest absolute Gasteiger partial charge is 0.462 e. The third-order valence-electron chi connectivity index (χ3n) is 11.9. The zero-order chi connectivity index (χ0) is 44.4. The number of esters is 3. The van der Waals surface area contributed by atoms with Gasteiger partial charge in [-0.15, -0.1) is 0 Å². The van der Waals surface area contributed by atoms with Crippen LogP contribution in [0.2, 0.25) is 0 Å². The summed E-state index contributed by atoms with van der Waals surface area (Å²) >= 11 is 0. The zero-order valence-corrected chi connectivity index (χ0v) is 40.9. The van der Waals surface area contributed by atoms with Gasteiger partial charge in [0.25, 0.3) is 0 Å². The van der Waals surface area contributed by atoms with Crippen molar-refractivity contribution in [2.75, 3.05) is 13.2 Å². The molecule has 0 rings (SSSR count). The van der Waals surface area contributed by atoms with Gasteiger partial charge in [-0.05, 0) is 70.6 Å². The molecule has 0 N–H and O–H groups in total. The first-order valence-corrected chi connectivity index (χ1v) is 26.8. The molecule has 0 bridgehead atoms. The van der Waals surface area contributed by atoms with Crippen molar-refractivity contribution in [3.8, 4) is 0 Å². The lowest BCUT2D eigenvalue weighted by molar-refractivity contribution is -0.167. The molecule has 0 aliphatic rings. The van der Waals surface area contributed by atoms with Crippen LogP contribution in [0, 0.1) is 0 Å². The monoisotopic (exact) mass is 895 g/mol. The second-order valence-electron chi connectivity index (χ2n) is 18.1. The predicted molar refractivity (Wildman–Crippen MR) is 261 cm³/mol. The van der Waals surface area contributed by atoms with Crippen molar-refractivity contribution < 1.29 is 28.6 Å². The first-order valence-electron chi connectivity index (χ1n) is 26.8. The van der Waals surface area contributed by atoms with Gasteiger partial charge < -0.3 is 14.2 Å². The van der Waals surface area contributed by atoms with Crippen LogP contribution in [-0.4, -0.2) is 37.2 Å². The minimum Gasteiger partial charge on any atom is -0.462 e. The van der Waals surface area contributed by atoms with Crippen LogP contribution in [0.25, 0.3) is 0 Å². The van der Waals surface area contributed by atoms with Gasteiger partial charge in [-0.1, -0.05) is 225 Å². The molecule has 0 aliphatic heterocycles. The Morgan fingerprint density at radius 2 is 0.541 bits per heavy atom. The van der Waals surface area contributed by atoms with E-state index >= 15 is 0 Å². The molecule has 1 atom stereocenters. The van der Waals surface area contributed by atoms with Crippen LogP contribution < -0.4 is 0 Å². The molecule has 0 amide bonds. The molecule has 0 saturated carbocycles. The van der Waals surface area contributed by atoms with Crippen LogP contribution in [0.1, 0.15) is 290 Å². The average Bonchev–Trinajstić information content (AvgIpc) is 3.26. The number of carbonyl (C=O) groups excluding carboxylic acids is 3. The highest BCUT2D eigenvalue weighted by Gasteiger charge is 2.19. The molecule has 358 valence electrons. The summed E-state index contributed by atoms with van der Waals surface area (Å²) in [6.07, 6.45) is 57.3. The Morgan fingerprint density at radius 1 is 0.311 bits per heavy atom. The summed E-state index contributed by atoms with van der Waals surface area (Å²) in [6.45, 7) is 6.64. The number of unbranched alkanes of at least 4 members (excludes halogenated alkanes) is 34. The SMILES string of the molecule is CCCCCCCCCCCCCCCC(=O)OCC(CO[13C](=O)[13CH2][13CH2][13CH2][13CH2][13CH2][13CH2][13CH2]/[13CH]=[13CH]/[13CH2][13CH2][13CH2][13CH2][13CH2][13CH2][13CH2][13CH3])O[13C](=O)[13CH2][13CH2][13CH2][13CH2][13CH2][13CH2][13CH2]/[13CH]=[13CH]/[13CH2][13CH2][13CH2][13CH2][13CH2][13CH2][13CH2][13CH3]. The van der Waals surface area contributed by atoms with E-state index in [1.165, 1.54) is 180 Å². The summed E-state index contributed by atoms with van der Waals surface area (Å²) in [5.41, 5.74) is 0. The summed E-state index contributed by atoms with van der Waals surface area (Å²) in [5.74, 6) is -0.876. The van der Waals surface area contributed by atoms with E-state index in [1.807, 2.05) is 0 Å². The van der Waals surface area contributed by atoms with Gasteiger partial charge in [-0.25, -0.2) is 0 Å². The number of allylic oxidation sites excluding steroid dienone is 4. The van der Waals surface area contributed by atoms with Crippen molar-refractivity contribution in [3.63, 3.8) is 0 Å². The van der Waals surface area contributed by atoms with Gasteiger partial charge >= 0.3 is 17.9 Å². The molecule has 0 saturated heterocycles. The molecule has 61 heavy (non-hydrogen) atoms. The minimum atomic E-state index is -0.774. The first-order chi connectivity index (χ1) is 30.0. The maximum absolute atomic E-state index is 12.8. The Kier molecular flexibility index (Phi) is 48.8. The molecular formula is C55H102O6. The molecule has 6 nitrogen and oxygen atoms in total. The van der Waals surface area contributed by atoms with Gasteiger partial charge in [0, 0.05) is 19.3 Å². The van der Waals surface area contributed by atoms with Crippen molar-refractivity contribution in [3.05, 3.63) is 24.3 Å². The fourth-order valence-corrected chi connectivity index (χ4v) is 7.84. The quantitative estimate of drug-likeness (QED) is 0.0199. The zero-order valence-electron chi connectivity index (χ0n) is 40.9. The van der Waals surface area contributed by atoms with Crippen molar-refractivity contribution in [1.82, 2.24) is 0 Å². The van der Waals surface area contributed by atoms with E-state index in [4.69, 9.17) is 14.2 Å². The van der Waals surface area contributed by atoms with Gasteiger partial charge in [0.05, 0.1) is 0 Å². The third-order valence-corrected chi connectivity index (χ3v) is 11.9. The number of rotatable bonds is 49. The van der Waals surface area contributed by atoms with Gasteiger partial charge in [0.2, 0.25) is 0 Å². The molecular weight excluding hydrogens is 792 g/mol. The van der Waals surface area contributed by atoms with Crippen LogP contribution in [0.4, 0.5) is 0 Å². The summed E-state index contributed by atoms with van der Waals surface area (Å²) in [7, 11) is 0. The highest BCUT2D eigenvalue weighted by atomic mass is 16.7. The summed E-state index contributed by atoms with van der Waals surface area (Å²) in [5, 5.41) is 0. The Morgan fingerprint density at radius 3 is 0.820 bits per heavy atom. The molecule has 0 radical (unpaired) electrons. The van der Waals surface area contributed by atoms with Crippen LogP contribution in [0.5, 0.6) is 0 Å². The number of ether oxygens (including phenoxy) is 3. The van der Waals surface area contributed by atoms with Crippen molar-refractivity contribution >= 4 is 17.9 Å². The van der Waals surface area contributed by atoms with Crippen molar-refractivity contribution in [2.45, 2.75) is 297 Å². The third kappa shape index (κ3) is 48.8. The highest BCUT2D eigenvalue weighted by Crippen LogP contribution is 2.15. The minimum absolute atomic E-state index is 0.0733. The standard InChI is InChI=1S/C55H102O6/c1-4-7-10-13-16-19-22-25-27-30-33-36-39-42-45-48-54(57)60-51-52(50-59-53(56)47-44-41-38-35-32-29-24-21-18-15-12-9-6-3)61-55(58)49-46-43-40-37-34-31-28-26-23-20-17-14-11-8-5-2/h25-28,52H,4-24,29-51H2,1-3H3/b27-25+,28-26+/i1+1,2+1,4+1,5+1,7+1,8+1,10+1,11+1,13+1,14+1,16+1,17+1,19+1,20+1,22+1,23+1,25+1,26+1,27+1,28+1,30+1,31+1,33+1,34+1,36+1,37+1,39+1,40+1,42+1,43+1,45+1,46+1,48+1,49+1,54+1,55+1. The molecule has 0 aromatic carbocycles. The fraction of sp³-hybridized carbons (Fsp3) is 0.873. The molecule has 0 aliphatic carbocycles. The summed E-state index contributed by atoms with van der Waals surface area (Å²) in [4.78, 5) is 38.0. The molecule has 6 heteroatoms. The van der Waals surface area contributed by atoms with Crippen molar-refractivity contribution in [2.24, 2.45) is 0 Å². The number of carbonyl (C=O) groups is 3. The Hall–Kier alpha value is -2.11. The molecule has 1 unspecified atom stereocenters. The Balaban J connectivity index is 4.37. The van der Waals surface area contributed by atoms with E-state index < -0.39 is 6.10 Å². The number of hydrogen-bond donors (Lipinski definition) is 0. The summed E-state index contributed by atoms with van der Waals surface area (Å²) in [6, 6.07) is 0. The molecule has 0 spiro atoms. The van der Waals surface area contributed by atoms with E-state index in [9.17, 15) is 14.4 Å². The van der Waals surface area contributed by atoms with E-state index in [0.717, 1.165) is 70.6 Å². The smallest absolute Gasteiger partial charge is 0.306 e. The maximum atomic E-state index is 12.8. The molecule has 0 heterocycles. The first kappa shape index (κ1) is 58.9. The normalized spacial score (nSPS) is 12.1. The molecule has 0 aromatic rings. The fourth-order valence-electron chi connectivity index (χ4n) is 7.84. The second-order valence-corrected chi connectivity index (χ2v) is 18.1. The van der Waals surface area contributed by atoms with Gasteiger partial charge in [-0.3, -0.25) is 14.4 Å². The maximum Gasteiger partial charge on any atom is 0.306 e. The van der Waals surface area contributed by atoms with E-state index in [2.05, 4.69) is 45.1 Å². The van der Waals surface area contributed by atoms with Crippen LogP contribution in [0.15, 0.2) is 24.3 Å². The van der Waals surface area contributed by atoms with E-state index in [0.29, 0.717) is 19.3 Å². The Bertz CT molecular complexity index is 989. The van der Waals surface area contributed by atoms with Crippen molar-refractivity contribution in [1.29, 1.82) is 0 Å². The van der Waals surface area contributed by atoms with E-state index in [1.54, 1.807) is 0 Å². The highest BCUT2D eigenvalue weighted by molar-refractivity contribution is 5.71. The van der Waals surface area contributed by atoms with Crippen LogP contribution in [0.3, 0.4) is 0 Å². The lowest BCUT2D eigenvalue weighted by Gasteiger charge is -2.18. The lowest BCUT2D eigenvalue weighted by atomic mass is 10.0. The van der Waals surface area contributed by atoms with Gasteiger partial charge in [-0.2, -0.15) is 0 Å². The predicted octanol–water partition coefficient (Wildman–Crippen LogP) is 17.5. The molecule has 0 aromatic heterocycles. The topological polar surface area (TPSA) is 78.9 Å². The lowest BCUT2D eigenvalue weighted by Crippen LogP contribution is -2.30. The van der Waals surface area contributed by atoms with E-state index in [-0.39, 0.29) is 31.1 Å². The number of hydrogen-bond acceptors (Lipinski definition) is 6. The van der Waals surface area contributed by atoms with Crippen LogP contribution >= 0.6 is 0 Å². The van der Waals surface area contributed by atoms with Gasteiger partial charge in [0.15, 0.2) is 6.10 Å². The average molecular weight is 895 g/mol. The summed E-state index contributed by atoms with van der Waals surface area (Å²) < 4.78 is 16.8. The van der Waals surface area contributed by atoms with Crippen LogP contribution in [-0.2, 0) is 28.6 Å².